The van der Waals surface area contributed by atoms with Crippen molar-refractivity contribution in [3.8, 4) is 11.5 Å². The second kappa shape index (κ2) is 5.22. The van der Waals surface area contributed by atoms with Crippen LogP contribution in [0.15, 0.2) is 12.1 Å². The van der Waals surface area contributed by atoms with E-state index < -0.39 is 0 Å². The van der Waals surface area contributed by atoms with Crippen molar-refractivity contribution < 1.29 is 45.3 Å². The maximum atomic E-state index is 12.6. The zero-order chi connectivity index (χ0) is 15.1. The van der Waals surface area contributed by atoms with Crippen LogP contribution in [0.3, 0.4) is 0 Å². The van der Waals surface area contributed by atoms with Gasteiger partial charge in [-0.15, -0.1) is 0 Å². The molecule has 0 aromatic heterocycles. The third-order valence-electron chi connectivity index (χ3n) is 6.59. The first-order valence-corrected chi connectivity index (χ1v) is 8.27. The molecule has 2 heterocycles. The summed E-state index contributed by atoms with van der Waals surface area (Å²) < 4.78 is 11.8. The van der Waals surface area contributed by atoms with E-state index in [4.69, 9.17) is 9.47 Å². The van der Waals surface area contributed by atoms with E-state index in [1.54, 1.807) is 7.11 Å². The van der Waals surface area contributed by atoms with Gasteiger partial charge in [-0.1, -0.05) is 6.07 Å². The van der Waals surface area contributed by atoms with Crippen molar-refractivity contribution in [3.05, 3.63) is 23.3 Å². The molecule has 23 heavy (non-hydrogen) atoms. The molecule has 0 amide bonds. The Morgan fingerprint density at radius 1 is 1.43 bits per heavy atom. The Bertz CT molecular complexity index is 697. The molecule has 0 unspecified atom stereocenters. The summed E-state index contributed by atoms with van der Waals surface area (Å²) in [6.45, 7) is 1.05. The first kappa shape index (κ1) is 15.9. The fourth-order valence-electron chi connectivity index (χ4n) is 5.67. The maximum absolute atomic E-state index is 12.6. The smallest absolute Gasteiger partial charge is 1.00 e. The van der Waals surface area contributed by atoms with Gasteiger partial charge in [-0.05, 0) is 50.4 Å². The normalized spacial score (nSPS) is 36.8. The summed E-state index contributed by atoms with van der Waals surface area (Å²) in [7, 11) is 3.91. The van der Waals surface area contributed by atoms with Gasteiger partial charge in [0.25, 0.3) is 0 Å². The van der Waals surface area contributed by atoms with Crippen LogP contribution >= 0.6 is 0 Å². The molecule has 2 aliphatic carbocycles. The Hall–Kier alpha value is -0.550. The average Bonchev–Trinajstić information content (AvgIpc) is 2.88. The van der Waals surface area contributed by atoms with Gasteiger partial charge in [0.2, 0.25) is 0 Å². The van der Waals surface area contributed by atoms with Gasteiger partial charge < -0.3 is 15.8 Å². The van der Waals surface area contributed by atoms with Crippen LogP contribution in [0, 0.1) is 5.92 Å². The molecule has 1 saturated heterocycles. The number of hydrogen-bond donors (Lipinski definition) is 0. The van der Waals surface area contributed by atoms with Crippen molar-refractivity contribution in [2.45, 2.75) is 43.2 Å². The van der Waals surface area contributed by atoms with Gasteiger partial charge in [-0.25, -0.2) is 0 Å². The molecule has 1 aromatic rings. The number of carbonyl (C=O) groups excluding carboxylic acids is 1. The molecule has 1 aromatic carbocycles. The maximum Gasteiger partial charge on any atom is 1.00 e. The summed E-state index contributed by atoms with van der Waals surface area (Å²) in [5.41, 5.74) is 2.57. The molecule has 1 spiro atoms. The number of rotatable bonds is 1. The fraction of sp³-hybridized carbons (Fsp3) is 0.611. The first-order valence-electron chi connectivity index (χ1n) is 8.27. The molecule has 2 fully saturated rings. The monoisotopic (exact) mass is 323 g/mol. The third kappa shape index (κ3) is 1.78. The number of benzene rings is 1. The molecule has 0 radical (unpaired) electrons. The Morgan fingerprint density at radius 3 is 3.04 bits per heavy atom. The van der Waals surface area contributed by atoms with Gasteiger partial charge in [0.15, 0.2) is 23.4 Å². The summed E-state index contributed by atoms with van der Waals surface area (Å²) in [5.74, 6) is 2.46. The van der Waals surface area contributed by atoms with E-state index in [-0.39, 0.29) is 48.3 Å². The second-order valence-corrected chi connectivity index (χ2v) is 7.28. The SMILES string of the molecule is COc1ccc2c3c1O[C@H]1C(=O)CC[C@H]4[C@@H](C2)N(C)CC[C@]314.[H-].[Na+]. The first-order chi connectivity index (χ1) is 10.7. The molecule has 4 aliphatic rings. The van der Waals surface area contributed by atoms with E-state index in [9.17, 15) is 4.79 Å². The van der Waals surface area contributed by atoms with E-state index in [1.165, 1.54) is 11.1 Å². The molecular weight excluding hydrogens is 301 g/mol. The topological polar surface area (TPSA) is 38.8 Å². The number of Topliss-reactive ketones (excluding diaryl/α,β-unsaturated/α-hetero) is 1. The van der Waals surface area contributed by atoms with Crippen molar-refractivity contribution in [1.82, 2.24) is 4.90 Å². The van der Waals surface area contributed by atoms with Crippen LogP contribution in [-0.4, -0.2) is 43.5 Å². The Labute approximate surface area is 160 Å². The summed E-state index contributed by atoms with van der Waals surface area (Å²) in [4.78, 5) is 15.1. The third-order valence-corrected chi connectivity index (χ3v) is 6.59. The molecular formula is C18H22NNaO3. The quantitative estimate of drug-likeness (QED) is 0.625. The summed E-state index contributed by atoms with van der Waals surface area (Å²) >= 11 is 0. The van der Waals surface area contributed by atoms with Gasteiger partial charge in [0.05, 0.1) is 7.11 Å². The number of nitrogens with zero attached hydrogens (tertiary/aromatic N) is 1. The predicted octanol–water partition coefficient (Wildman–Crippen LogP) is -0.950. The number of methoxy groups -OCH3 is 1. The Morgan fingerprint density at radius 2 is 2.26 bits per heavy atom. The van der Waals surface area contributed by atoms with E-state index >= 15 is 0 Å². The predicted molar refractivity (Wildman–Crippen MR) is 82.7 cm³/mol. The summed E-state index contributed by atoms with van der Waals surface area (Å²) in [6, 6.07) is 4.73. The number of hydrogen-bond acceptors (Lipinski definition) is 4. The van der Waals surface area contributed by atoms with Crippen molar-refractivity contribution in [2.24, 2.45) is 5.92 Å². The fourth-order valence-corrected chi connectivity index (χ4v) is 5.67. The standard InChI is InChI=1S/C18H21NO3.Na.H/c1-19-8-7-18-11-4-5-13(20)17(18)22-16-14(21-2)6-3-10(15(16)18)9-12(11)19;;/h3,6,11-12,17H,4-5,7-9H2,1-2H3;;/q;+1;-1/t11-,12+,17-,18-;;/m0../s1. The number of likely N-dealkylation sites (tertiary alicyclic amines) is 1. The zero-order valence-electron chi connectivity index (χ0n) is 15.1. The van der Waals surface area contributed by atoms with Gasteiger partial charge >= 0.3 is 29.6 Å². The molecule has 5 rings (SSSR count). The number of piperidine rings is 1. The minimum absolute atomic E-state index is 0. The van der Waals surface area contributed by atoms with Gasteiger partial charge in [-0.3, -0.25) is 4.79 Å². The molecule has 1 saturated carbocycles. The van der Waals surface area contributed by atoms with Crippen LogP contribution in [-0.2, 0) is 16.6 Å². The van der Waals surface area contributed by atoms with Crippen LogP contribution in [0.2, 0.25) is 0 Å². The Balaban J connectivity index is 0.000000845. The van der Waals surface area contributed by atoms with Crippen LogP contribution in [0.25, 0.3) is 0 Å². The Kier molecular flexibility index (Phi) is 3.62. The van der Waals surface area contributed by atoms with Crippen LogP contribution < -0.4 is 39.0 Å². The van der Waals surface area contributed by atoms with Crippen LogP contribution in [0.4, 0.5) is 0 Å². The van der Waals surface area contributed by atoms with Gasteiger partial charge in [0, 0.05) is 23.4 Å². The molecule has 118 valence electrons. The van der Waals surface area contributed by atoms with Crippen molar-refractivity contribution >= 4 is 5.78 Å². The number of carbonyl (C=O) groups is 1. The average molecular weight is 323 g/mol. The zero-order valence-corrected chi connectivity index (χ0v) is 16.1. The second-order valence-electron chi connectivity index (χ2n) is 7.28. The van der Waals surface area contributed by atoms with E-state index in [0.717, 1.165) is 37.3 Å². The molecule has 2 aliphatic heterocycles. The number of ether oxygens (including phenoxy) is 2. The molecule has 2 bridgehead atoms. The van der Waals surface area contributed by atoms with E-state index in [2.05, 4.69) is 18.0 Å². The van der Waals surface area contributed by atoms with Gasteiger partial charge in [0.1, 0.15) is 0 Å². The van der Waals surface area contributed by atoms with Crippen LogP contribution in [0.5, 0.6) is 11.5 Å². The summed E-state index contributed by atoms with van der Waals surface area (Å²) in [5, 5.41) is 0. The minimum Gasteiger partial charge on any atom is -1.00 e. The number of ketones is 1. The van der Waals surface area contributed by atoms with Crippen LogP contribution in [0.1, 0.15) is 31.8 Å². The molecule has 4 atom stereocenters. The molecule has 0 N–H and O–H groups in total. The number of likely N-dealkylation sites (N-methyl/N-ethyl adjacent to an activating group) is 1. The minimum atomic E-state index is -0.284. The van der Waals surface area contributed by atoms with Crippen molar-refractivity contribution in [1.29, 1.82) is 0 Å². The van der Waals surface area contributed by atoms with Crippen molar-refractivity contribution in [2.75, 3.05) is 20.7 Å². The van der Waals surface area contributed by atoms with Gasteiger partial charge in [-0.2, -0.15) is 0 Å². The van der Waals surface area contributed by atoms with Crippen molar-refractivity contribution in [3.63, 3.8) is 0 Å². The van der Waals surface area contributed by atoms with E-state index in [1.807, 2.05) is 6.07 Å². The summed E-state index contributed by atoms with van der Waals surface area (Å²) in [6.07, 6.45) is 3.47. The largest absolute Gasteiger partial charge is 1.00 e. The molecule has 5 heteroatoms. The van der Waals surface area contributed by atoms with E-state index in [0.29, 0.717) is 18.4 Å². The molecule has 4 nitrogen and oxygen atoms in total.